The number of imidazole rings is 1. The third-order valence-electron chi connectivity index (χ3n) is 6.43. The summed E-state index contributed by atoms with van der Waals surface area (Å²) >= 11 is 0. The second kappa shape index (κ2) is 10.6. The Morgan fingerprint density at radius 1 is 1.03 bits per heavy atom. The van der Waals surface area contributed by atoms with Crippen molar-refractivity contribution < 1.29 is 19.1 Å². The van der Waals surface area contributed by atoms with Crippen molar-refractivity contribution >= 4 is 34.4 Å². The fourth-order valence-corrected chi connectivity index (χ4v) is 4.43. The van der Waals surface area contributed by atoms with E-state index in [1.54, 1.807) is 43.6 Å². The number of ether oxygens (including phenoxy) is 2. The molecule has 5 rings (SSSR count). The molecule has 2 amide bonds. The predicted molar refractivity (Wildman–Crippen MR) is 146 cm³/mol. The number of hydrogen-bond donors (Lipinski definition) is 2. The van der Waals surface area contributed by atoms with Crippen molar-refractivity contribution in [3.63, 3.8) is 0 Å². The van der Waals surface area contributed by atoms with Crippen molar-refractivity contribution in [2.24, 2.45) is 13.0 Å². The van der Waals surface area contributed by atoms with Gasteiger partial charge in [-0.2, -0.15) is 0 Å². The molecular weight excluding hydrogens is 482 g/mol. The molecule has 0 radical (unpaired) electrons. The molecule has 0 saturated heterocycles. The lowest BCUT2D eigenvalue weighted by molar-refractivity contribution is -0.119. The van der Waals surface area contributed by atoms with Crippen molar-refractivity contribution in [2.75, 3.05) is 24.9 Å². The molecule has 9 nitrogen and oxygen atoms in total. The number of hydrogen-bond acceptors (Lipinski definition) is 6. The minimum atomic E-state index is -0.365. The first-order chi connectivity index (χ1) is 18.5. The summed E-state index contributed by atoms with van der Waals surface area (Å²) in [6.07, 6.45) is 7.91. The van der Waals surface area contributed by atoms with Gasteiger partial charge in [0.05, 0.1) is 36.7 Å². The molecule has 0 unspecified atom stereocenters. The maximum absolute atomic E-state index is 12.9. The lowest BCUT2D eigenvalue weighted by Gasteiger charge is -2.19. The van der Waals surface area contributed by atoms with Gasteiger partial charge < -0.3 is 24.7 Å². The standard InChI is InChI=1S/C29H27N5O4/c1-34-23-16-19(31-28(35)20-8-4-6-10-24(20)37-2)13-14-22(23)32-27(34)18-12-15-26(30-17-18)33-29(36)21-9-5-7-11-25(21)38-3/h4-7,9-17,20H,8H2,1-3H3,(H,31,35)(H,30,33,36)/t20-/m1/s1. The Labute approximate surface area is 219 Å². The van der Waals surface area contributed by atoms with Gasteiger partial charge in [-0.15, -0.1) is 0 Å². The van der Waals surface area contributed by atoms with Crippen LogP contribution in [0, 0.1) is 5.92 Å². The predicted octanol–water partition coefficient (Wildman–Crippen LogP) is 4.94. The Kier molecular flexibility index (Phi) is 6.90. The van der Waals surface area contributed by atoms with E-state index in [0.29, 0.717) is 40.8 Å². The van der Waals surface area contributed by atoms with Crippen LogP contribution in [0.25, 0.3) is 22.4 Å². The first-order valence-corrected chi connectivity index (χ1v) is 12.1. The number of aryl methyl sites for hydroxylation is 1. The summed E-state index contributed by atoms with van der Waals surface area (Å²) < 4.78 is 12.6. The molecule has 1 aliphatic rings. The highest BCUT2D eigenvalue weighted by atomic mass is 16.5. The summed E-state index contributed by atoms with van der Waals surface area (Å²) in [5.74, 6) is 1.45. The molecule has 0 saturated carbocycles. The zero-order valence-electron chi connectivity index (χ0n) is 21.3. The highest BCUT2D eigenvalue weighted by Gasteiger charge is 2.24. The summed E-state index contributed by atoms with van der Waals surface area (Å²) in [5, 5.41) is 5.79. The summed E-state index contributed by atoms with van der Waals surface area (Å²) in [6.45, 7) is 0. The van der Waals surface area contributed by atoms with Crippen LogP contribution in [0.4, 0.5) is 11.5 Å². The van der Waals surface area contributed by atoms with Crippen molar-refractivity contribution in [3.8, 4) is 17.1 Å². The number of pyridine rings is 1. The number of para-hydroxylation sites is 1. The van der Waals surface area contributed by atoms with E-state index < -0.39 is 0 Å². The number of benzene rings is 2. The highest BCUT2D eigenvalue weighted by Crippen LogP contribution is 2.28. The summed E-state index contributed by atoms with van der Waals surface area (Å²) in [5.41, 5.74) is 3.53. The molecule has 9 heteroatoms. The molecule has 0 fully saturated rings. The maximum Gasteiger partial charge on any atom is 0.260 e. The minimum absolute atomic E-state index is 0.126. The van der Waals surface area contributed by atoms with Crippen LogP contribution in [0.15, 0.2) is 84.8 Å². The molecule has 0 spiro atoms. The van der Waals surface area contributed by atoms with Gasteiger partial charge >= 0.3 is 0 Å². The van der Waals surface area contributed by atoms with Crippen LogP contribution in [-0.4, -0.2) is 40.6 Å². The largest absolute Gasteiger partial charge is 0.500 e. The summed E-state index contributed by atoms with van der Waals surface area (Å²) in [6, 6.07) is 16.2. The maximum atomic E-state index is 12.9. The molecule has 2 N–H and O–H groups in total. The summed E-state index contributed by atoms with van der Waals surface area (Å²) in [7, 11) is 5.01. The Bertz CT molecular complexity index is 1570. The topological polar surface area (TPSA) is 107 Å². The van der Waals surface area contributed by atoms with Crippen molar-refractivity contribution in [2.45, 2.75) is 6.42 Å². The molecule has 2 aromatic heterocycles. The normalized spacial score (nSPS) is 14.6. The Morgan fingerprint density at radius 2 is 1.87 bits per heavy atom. The van der Waals surface area contributed by atoms with E-state index in [9.17, 15) is 9.59 Å². The zero-order valence-corrected chi connectivity index (χ0v) is 21.3. The smallest absolute Gasteiger partial charge is 0.260 e. The molecule has 1 atom stereocenters. The van der Waals surface area contributed by atoms with Gasteiger partial charge in [0.25, 0.3) is 5.91 Å². The third kappa shape index (κ3) is 4.86. The van der Waals surface area contributed by atoms with E-state index in [4.69, 9.17) is 14.5 Å². The lowest BCUT2D eigenvalue weighted by atomic mass is 9.97. The van der Waals surface area contributed by atoms with Crippen LogP contribution >= 0.6 is 0 Å². The van der Waals surface area contributed by atoms with Crippen LogP contribution < -0.4 is 15.4 Å². The monoisotopic (exact) mass is 509 g/mol. The molecule has 2 aromatic carbocycles. The second-order valence-corrected chi connectivity index (χ2v) is 8.76. The summed E-state index contributed by atoms with van der Waals surface area (Å²) in [4.78, 5) is 34.7. The molecule has 1 aliphatic carbocycles. The van der Waals surface area contributed by atoms with Crippen LogP contribution in [0.2, 0.25) is 0 Å². The number of carbonyl (C=O) groups is 2. The van der Waals surface area contributed by atoms with Crippen LogP contribution in [0.5, 0.6) is 5.75 Å². The van der Waals surface area contributed by atoms with Crippen LogP contribution in [0.1, 0.15) is 16.8 Å². The van der Waals surface area contributed by atoms with Crippen molar-refractivity contribution in [1.29, 1.82) is 0 Å². The number of anilines is 2. The quantitative estimate of drug-likeness (QED) is 0.365. The van der Waals surface area contributed by atoms with E-state index in [-0.39, 0.29) is 17.7 Å². The number of fused-ring (bicyclic) bond motifs is 1. The van der Waals surface area contributed by atoms with E-state index in [1.807, 2.05) is 54.1 Å². The van der Waals surface area contributed by atoms with Gasteiger partial charge in [-0.25, -0.2) is 9.97 Å². The molecule has 38 heavy (non-hydrogen) atoms. The molecular formula is C29H27N5O4. The highest BCUT2D eigenvalue weighted by molar-refractivity contribution is 6.05. The van der Waals surface area contributed by atoms with Gasteiger partial charge in [-0.05, 0) is 55.0 Å². The average molecular weight is 510 g/mol. The third-order valence-corrected chi connectivity index (χ3v) is 6.43. The number of nitrogens with zero attached hydrogens (tertiary/aromatic N) is 3. The van der Waals surface area contributed by atoms with Crippen LogP contribution in [0.3, 0.4) is 0 Å². The molecule has 0 bridgehead atoms. The van der Waals surface area contributed by atoms with Gasteiger partial charge in [0.1, 0.15) is 23.2 Å². The molecule has 192 valence electrons. The van der Waals surface area contributed by atoms with Gasteiger partial charge in [0.2, 0.25) is 5.91 Å². The minimum Gasteiger partial charge on any atom is -0.500 e. The van der Waals surface area contributed by atoms with E-state index in [0.717, 1.165) is 16.6 Å². The number of methoxy groups -OCH3 is 2. The average Bonchev–Trinajstić information content (AvgIpc) is 3.28. The Morgan fingerprint density at radius 3 is 2.63 bits per heavy atom. The molecule has 4 aromatic rings. The molecule has 2 heterocycles. The number of aromatic nitrogens is 3. The fourth-order valence-electron chi connectivity index (χ4n) is 4.43. The van der Waals surface area contributed by atoms with E-state index >= 15 is 0 Å². The number of nitrogens with one attached hydrogen (secondary N) is 2. The zero-order chi connectivity index (χ0) is 26.6. The van der Waals surface area contributed by atoms with Gasteiger partial charge in [0, 0.05) is 24.5 Å². The van der Waals surface area contributed by atoms with Gasteiger partial charge in [-0.1, -0.05) is 24.3 Å². The Balaban J connectivity index is 1.33. The van der Waals surface area contributed by atoms with Gasteiger partial charge in [-0.3, -0.25) is 9.59 Å². The number of carbonyl (C=O) groups excluding carboxylic acids is 2. The lowest BCUT2D eigenvalue weighted by Crippen LogP contribution is -2.25. The first kappa shape index (κ1) is 24.8. The van der Waals surface area contributed by atoms with E-state index in [2.05, 4.69) is 15.6 Å². The number of amides is 2. The number of allylic oxidation sites excluding steroid dienone is 3. The Hall–Kier alpha value is -4.92. The van der Waals surface area contributed by atoms with Crippen LogP contribution in [-0.2, 0) is 16.6 Å². The van der Waals surface area contributed by atoms with E-state index in [1.165, 1.54) is 7.11 Å². The molecule has 0 aliphatic heterocycles. The van der Waals surface area contributed by atoms with Crippen molar-refractivity contribution in [3.05, 3.63) is 90.3 Å². The SMILES string of the molecule is COC1=CC=CC[C@H]1C(=O)Nc1ccc2nc(-c3ccc(NC(=O)c4ccccc4OC)nc3)n(C)c2c1. The second-order valence-electron chi connectivity index (χ2n) is 8.76. The van der Waals surface area contributed by atoms with Crippen molar-refractivity contribution in [1.82, 2.24) is 14.5 Å². The number of rotatable bonds is 7. The fraction of sp³-hybridized carbons (Fsp3) is 0.172. The first-order valence-electron chi connectivity index (χ1n) is 12.1. The van der Waals surface area contributed by atoms with Gasteiger partial charge in [0.15, 0.2) is 0 Å².